The second-order valence-corrected chi connectivity index (χ2v) is 12.9. The van der Waals surface area contributed by atoms with Gasteiger partial charge in [0.25, 0.3) is 5.91 Å². The third-order valence-corrected chi connectivity index (χ3v) is 8.95. The lowest BCUT2D eigenvalue weighted by Crippen LogP contribution is -2.46. The number of hydrogen-bond acceptors (Lipinski definition) is 3. The normalized spacial score (nSPS) is 23.4. The van der Waals surface area contributed by atoms with Gasteiger partial charge >= 0.3 is 5.97 Å². The van der Waals surface area contributed by atoms with Crippen LogP contribution < -0.4 is 5.32 Å². The minimum absolute atomic E-state index is 0.0725. The van der Waals surface area contributed by atoms with E-state index in [2.05, 4.69) is 48.9 Å². The van der Waals surface area contributed by atoms with Crippen molar-refractivity contribution in [2.75, 3.05) is 0 Å². The summed E-state index contributed by atoms with van der Waals surface area (Å²) < 4.78 is 2.33. The number of hydrogen-bond donors (Lipinski definition) is 3. The molecule has 0 saturated heterocycles. The van der Waals surface area contributed by atoms with Gasteiger partial charge in [0.15, 0.2) is 0 Å². The zero-order valence-electron chi connectivity index (χ0n) is 22.8. The first-order chi connectivity index (χ1) is 17.4. The average molecular weight is 507 g/mol. The van der Waals surface area contributed by atoms with E-state index in [1.165, 1.54) is 37.7 Å². The van der Waals surface area contributed by atoms with E-state index in [0.717, 1.165) is 41.9 Å². The molecule has 0 aliphatic heterocycles. The van der Waals surface area contributed by atoms with Crippen LogP contribution in [-0.2, 0) is 22.4 Å². The number of carbonyl (C=O) groups is 2. The summed E-state index contributed by atoms with van der Waals surface area (Å²) in [5.41, 5.74) is 5.05. The van der Waals surface area contributed by atoms with Crippen LogP contribution in [0.3, 0.4) is 0 Å². The van der Waals surface area contributed by atoms with Gasteiger partial charge in [-0.1, -0.05) is 46.1 Å². The summed E-state index contributed by atoms with van der Waals surface area (Å²) in [5.74, 6) is -0.669. The quantitative estimate of drug-likeness (QED) is 0.435. The number of carbonyl (C=O) groups excluding carboxylic acids is 1. The zero-order valence-corrected chi connectivity index (χ0v) is 22.8. The summed E-state index contributed by atoms with van der Waals surface area (Å²) in [6.07, 6.45) is 8.80. The first-order valence-corrected chi connectivity index (χ1v) is 14.1. The molecule has 1 aromatic heterocycles. The first-order valence-electron chi connectivity index (χ1n) is 14.1. The summed E-state index contributed by atoms with van der Waals surface area (Å²) in [6.45, 7) is 9.51. The van der Waals surface area contributed by atoms with Crippen LogP contribution in [0.1, 0.15) is 106 Å². The maximum absolute atomic E-state index is 13.4. The Morgan fingerprint density at radius 2 is 1.73 bits per heavy atom. The second kappa shape index (κ2) is 9.61. The molecule has 3 fully saturated rings. The highest BCUT2D eigenvalue weighted by Crippen LogP contribution is 2.47. The monoisotopic (exact) mass is 506 g/mol. The third kappa shape index (κ3) is 5.36. The molecule has 1 heterocycles. The van der Waals surface area contributed by atoms with Gasteiger partial charge in [-0.25, -0.2) is 0 Å². The van der Waals surface area contributed by atoms with Crippen molar-refractivity contribution in [1.82, 2.24) is 9.88 Å². The molecule has 0 bridgehead atoms. The Labute approximate surface area is 220 Å². The number of amides is 1. The number of nitrogens with one attached hydrogen (secondary N) is 1. The van der Waals surface area contributed by atoms with Crippen LogP contribution in [0, 0.1) is 18.8 Å². The van der Waals surface area contributed by atoms with Crippen LogP contribution in [0.15, 0.2) is 24.3 Å². The summed E-state index contributed by atoms with van der Waals surface area (Å²) in [6, 6.07) is 8.44. The minimum Gasteiger partial charge on any atom is -0.481 e. The highest BCUT2D eigenvalue weighted by atomic mass is 16.4. The maximum atomic E-state index is 13.4. The van der Waals surface area contributed by atoms with Crippen molar-refractivity contribution in [3.8, 4) is 11.3 Å². The highest BCUT2D eigenvalue weighted by molar-refractivity contribution is 5.97. The molecule has 3 saturated carbocycles. The molecule has 0 atom stereocenters. The van der Waals surface area contributed by atoms with E-state index < -0.39 is 11.6 Å². The van der Waals surface area contributed by atoms with Crippen LogP contribution in [0.4, 0.5) is 0 Å². The van der Waals surface area contributed by atoms with Crippen molar-refractivity contribution in [3.05, 3.63) is 46.6 Å². The van der Waals surface area contributed by atoms with Gasteiger partial charge in [-0.2, -0.15) is 0 Å². The molecular weight excluding hydrogens is 464 g/mol. The topological polar surface area (TPSA) is 91.6 Å². The molecule has 6 nitrogen and oxygen atoms in total. The maximum Gasteiger partial charge on any atom is 0.306 e. The molecule has 2 aromatic rings. The largest absolute Gasteiger partial charge is 0.481 e. The van der Waals surface area contributed by atoms with E-state index in [0.29, 0.717) is 24.3 Å². The van der Waals surface area contributed by atoms with Crippen molar-refractivity contribution in [2.24, 2.45) is 11.8 Å². The number of aliphatic hydroxyl groups is 1. The molecule has 200 valence electrons. The lowest BCUT2D eigenvalue weighted by molar-refractivity contribution is -0.145. The SMILES string of the molecule is Cc1c(C(=O)NC2CC(C(=O)O)C2)cc(-c2cc(C(C)(C)C)cc(C3(O)CC3)c2)n1CC1CCCCC1. The molecular formula is C31H42N2O4. The van der Waals surface area contributed by atoms with E-state index in [9.17, 15) is 19.8 Å². The van der Waals surface area contributed by atoms with E-state index in [1.54, 1.807) is 0 Å². The van der Waals surface area contributed by atoms with Gasteiger partial charge in [-0.3, -0.25) is 9.59 Å². The van der Waals surface area contributed by atoms with E-state index in [-0.39, 0.29) is 23.3 Å². The summed E-state index contributed by atoms with van der Waals surface area (Å²) in [7, 11) is 0. The Morgan fingerprint density at radius 3 is 2.32 bits per heavy atom. The Bertz CT molecular complexity index is 1170. The Hall–Kier alpha value is -2.60. The van der Waals surface area contributed by atoms with Crippen LogP contribution in [-0.4, -0.2) is 32.7 Å². The molecule has 3 aliphatic rings. The summed E-state index contributed by atoms with van der Waals surface area (Å²) >= 11 is 0. The fraction of sp³-hybridized carbons (Fsp3) is 0.613. The molecule has 0 radical (unpaired) electrons. The van der Waals surface area contributed by atoms with Crippen molar-refractivity contribution in [3.63, 3.8) is 0 Å². The van der Waals surface area contributed by atoms with E-state index in [4.69, 9.17) is 0 Å². The molecule has 5 rings (SSSR count). The number of carboxylic acid groups (broad SMARTS) is 1. The molecule has 6 heteroatoms. The predicted molar refractivity (Wildman–Crippen MR) is 145 cm³/mol. The van der Waals surface area contributed by atoms with Crippen molar-refractivity contribution < 1.29 is 19.8 Å². The number of nitrogens with zero attached hydrogens (tertiary/aromatic N) is 1. The fourth-order valence-corrected chi connectivity index (χ4v) is 6.06. The summed E-state index contributed by atoms with van der Waals surface area (Å²) in [5, 5.41) is 23.3. The smallest absolute Gasteiger partial charge is 0.306 e. The Morgan fingerprint density at radius 1 is 1.05 bits per heavy atom. The minimum atomic E-state index is -0.783. The lowest BCUT2D eigenvalue weighted by atomic mass is 9.80. The molecule has 0 spiro atoms. The predicted octanol–water partition coefficient (Wildman–Crippen LogP) is 5.92. The molecule has 3 N–H and O–H groups in total. The van der Waals surface area contributed by atoms with Crippen LogP contribution in [0.2, 0.25) is 0 Å². The van der Waals surface area contributed by atoms with Gasteiger partial charge in [0.2, 0.25) is 0 Å². The van der Waals surface area contributed by atoms with Crippen molar-refractivity contribution in [1.29, 1.82) is 0 Å². The summed E-state index contributed by atoms with van der Waals surface area (Å²) in [4.78, 5) is 24.6. The number of aliphatic carboxylic acids is 1. The van der Waals surface area contributed by atoms with Crippen molar-refractivity contribution in [2.45, 2.75) is 109 Å². The van der Waals surface area contributed by atoms with Gasteiger partial charge in [0.1, 0.15) is 0 Å². The lowest BCUT2D eigenvalue weighted by Gasteiger charge is -2.32. The van der Waals surface area contributed by atoms with Gasteiger partial charge in [-0.15, -0.1) is 0 Å². The second-order valence-electron chi connectivity index (χ2n) is 12.9. The fourth-order valence-electron chi connectivity index (χ4n) is 6.06. The Balaban J connectivity index is 1.52. The van der Waals surface area contributed by atoms with Crippen LogP contribution >= 0.6 is 0 Å². The number of aromatic nitrogens is 1. The number of carboxylic acids is 1. The van der Waals surface area contributed by atoms with Crippen LogP contribution in [0.25, 0.3) is 11.3 Å². The third-order valence-electron chi connectivity index (χ3n) is 8.95. The van der Waals surface area contributed by atoms with Gasteiger partial charge in [0, 0.05) is 24.0 Å². The standard InChI is InChI=1S/C31H42N2O4/c1-19-26(28(34)32-25-14-22(15-25)29(35)36)17-27(33(19)18-20-8-6-5-7-9-20)21-12-23(30(2,3)4)16-24(13-21)31(37)10-11-31/h12-13,16-17,20,22,25,37H,5-11,14-15,18H2,1-4H3,(H,32,34)(H,35,36). The number of benzene rings is 1. The molecule has 3 aliphatic carbocycles. The first kappa shape index (κ1) is 26.0. The Kier molecular flexibility index (Phi) is 6.76. The zero-order chi connectivity index (χ0) is 26.5. The number of rotatable bonds is 7. The molecule has 0 unspecified atom stereocenters. The van der Waals surface area contributed by atoms with Gasteiger partial charge in [0.05, 0.1) is 17.1 Å². The van der Waals surface area contributed by atoms with Crippen molar-refractivity contribution >= 4 is 11.9 Å². The van der Waals surface area contributed by atoms with Gasteiger partial charge < -0.3 is 20.1 Å². The van der Waals surface area contributed by atoms with E-state index in [1.807, 2.05) is 13.0 Å². The molecule has 1 amide bonds. The molecule has 37 heavy (non-hydrogen) atoms. The molecule has 1 aromatic carbocycles. The average Bonchev–Trinajstić information content (AvgIpc) is 3.50. The van der Waals surface area contributed by atoms with Crippen LogP contribution in [0.5, 0.6) is 0 Å². The van der Waals surface area contributed by atoms with E-state index >= 15 is 0 Å². The highest BCUT2D eigenvalue weighted by Gasteiger charge is 2.43. The van der Waals surface area contributed by atoms with Gasteiger partial charge in [-0.05, 0) is 91.7 Å².